The Kier molecular flexibility index (Phi) is 5.98. The zero-order valence-corrected chi connectivity index (χ0v) is 14.9. The van der Waals surface area contributed by atoms with Crippen molar-refractivity contribution in [1.82, 2.24) is 9.88 Å². The number of thioether (sulfide) groups is 1. The molecule has 0 aromatic carbocycles. The van der Waals surface area contributed by atoms with E-state index in [1.165, 1.54) is 0 Å². The minimum absolute atomic E-state index is 0.191. The summed E-state index contributed by atoms with van der Waals surface area (Å²) in [5.41, 5.74) is 0.711. The molecule has 0 aliphatic carbocycles. The highest BCUT2D eigenvalue weighted by Gasteiger charge is 2.31. The van der Waals surface area contributed by atoms with Crippen LogP contribution in [0, 0.1) is 0 Å². The molecule has 122 valence electrons. The van der Waals surface area contributed by atoms with E-state index in [1.54, 1.807) is 12.3 Å². The third kappa shape index (κ3) is 5.36. The van der Waals surface area contributed by atoms with Gasteiger partial charge in [-0.2, -0.15) is 11.8 Å². The summed E-state index contributed by atoms with van der Waals surface area (Å²) in [6, 6.07) is 4.06. The molecule has 1 aliphatic rings. The van der Waals surface area contributed by atoms with E-state index in [4.69, 9.17) is 16.3 Å². The Morgan fingerprint density at radius 2 is 2.27 bits per heavy atom. The molecule has 6 heteroatoms. The van der Waals surface area contributed by atoms with Crippen LogP contribution in [0.5, 0.6) is 0 Å². The van der Waals surface area contributed by atoms with Gasteiger partial charge in [0, 0.05) is 30.3 Å². The Morgan fingerprint density at radius 1 is 1.50 bits per heavy atom. The normalized spacial score (nSPS) is 18.5. The first-order valence-corrected chi connectivity index (χ1v) is 9.06. The summed E-state index contributed by atoms with van der Waals surface area (Å²) in [7, 11) is 0. The Morgan fingerprint density at radius 3 is 2.91 bits per heavy atom. The molecule has 0 N–H and O–H groups in total. The Bertz CT molecular complexity index is 502. The van der Waals surface area contributed by atoms with Gasteiger partial charge >= 0.3 is 6.09 Å². The fraction of sp³-hybridized carbons (Fsp3) is 0.625. The summed E-state index contributed by atoms with van der Waals surface area (Å²) in [6.07, 6.45) is 3.71. The van der Waals surface area contributed by atoms with Crippen LogP contribution in [-0.2, 0) is 10.5 Å². The second-order valence-corrected chi connectivity index (χ2v) is 7.89. The van der Waals surface area contributed by atoms with Gasteiger partial charge in [0.1, 0.15) is 10.8 Å². The lowest BCUT2D eigenvalue weighted by molar-refractivity contribution is 0.0242. The molecule has 0 unspecified atom stereocenters. The zero-order chi connectivity index (χ0) is 16.2. The Balaban J connectivity index is 1.81. The van der Waals surface area contributed by atoms with Crippen molar-refractivity contribution in [3.8, 4) is 0 Å². The third-order valence-electron chi connectivity index (χ3n) is 3.37. The van der Waals surface area contributed by atoms with Crippen molar-refractivity contribution in [2.75, 3.05) is 12.3 Å². The van der Waals surface area contributed by atoms with Crippen molar-refractivity contribution in [2.24, 2.45) is 0 Å². The number of halogens is 1. The van der Waals surface area contributed by atoms with E-state index < -0.39 is 5.60 Å². The lowest BCUT2D eigenvalue weighted by Crippen LogP contribution is -2.40. The highest BCUT2D eigenvalue weighted by atomic mass is 35.5. The monoisotopic (exact) mass is 342 g/mol. The van der Waals surface area contributed by atoms with Crippen LogP contribution in [0.15, 0.2) is 18.3 Å². The molecule has 22 heavy (non-hydrogen) atoms. The van der Waals surface area contributed by atoms with E-state index in [1.807, 2.05) is 43.5 Å². The number of pyridine rings is 1. The SMILES string of the molecule is CC(C)(C)OC(=O)N1CCC[C@H]1CSCc1ccc(Cl)nc1. The molecule has 1 atom stereocenters. The quantitative estimate of drug-likeness (QED) is 0.762. The van der Waals surface area contributed by atoms with Crippen molar-refractivity contribution in [3.63, 3.8) is 0 Å². The number of carbonyl (C=O) groups excluding carboxylic acids is 1. The van der Waals surface area contributed by atoms with E-state index in [9.17, 15) is 4.79 Å². The Labute approximate surface area is 141 Å². The average Bonchev–Trinajstić information content (AvgIpc) is 2.88. The van der Waals surface area contributed by atoms with Crippen LogP contribution in [0.3, 0.4) is 0 Å². The second kappa shape index (κ2) is 7.55. The van der Waals surface area contributed by atoms with Crippen molar-refractivity contribution in [3.05, 3.63) is 29.0 Å². The highest BCUT2D eigenvalue weighted by Crippen LogP contribution is 2.25. The zero-order valence-electron chi connectivity index (χ0n) is 13.3. The van der Waals surface area contributed by atoms with Gasteiger partial charge in [-0.25, -0.2) is 9.78 Å². The lowest BCUT2D eigenvalue weighted by atomic mass is 10.2. The predicted octanol–water partition coefficient (Wildman–Crippen LogP) is 4.37. The van der Waals surface area contributed by atoms with E-state index in [0.29, 0.717) is 5.15 Å². The van der Waals surface area contributed by atoms with E-state index in [0.717, 1.165) is 36.5 Å². The van der Waals surface area contributed by atoms with Crippen LogP contribution in [0.25, 0.3) is 0 Å². The van der Waals surface area contributed by atoms with Crippen LogP contribution in [0.1, 0.15) is 39.2 Å². The maximum atomic E-state index is 12.2. The molecule has 1 aromatic heterocycles. The maximum Gasteiger partial charge on any atom is 0.410 e. The standard InChI is InChI=1S/C16H23ClN2O2S/c1-16(2,3)21-15(20)19-8-4-5-13(19)11-22-10-12-6-7-14(17)18-9-12/h6-7,9,13H,4-5,8,10-11H2,1-3H3/t13-/m0/s1. The number of hydrogen-bond acceptors (Lipinski definition) is 4. The summed E-state index contributed by atoms with van der Waals surface area (Å²) in [4.78, 5) is 18.2. The van der Waals surface area contributed by atoms with Gasteiger partial charge in [-0.15, -0.1) is 0 Å². The van der Waals surface area contributed by atoms with Crippen molar-refractivity contribution >= 4 is 29.5 Å². The number of hydrogen-bond donors (Lipinski definition) is 0. The summed E-state index contributed by atoms with van der Waals surface area (Å²) in [5.74, 6) is 1.80. The van der Waals surface area contributed by atoms with Crippen LogP contribution in [0.4, 0.5) is 4.79 Å². The molecule has 1 amide bonds. The smallest absolute Gasteiger partial charge is 0.410 e. The topological polar surface area (TPSA) is 42.4 Å². The second-order valence-electron chi connectivity index (χ2n) is 6.47. The lowest BCUT2D eigenvalue weighted by Gasteiger charge is -2.28. The van der Waals surface area contributed by atoms with Crippen LogP contribution >= 0.6 is 23.4 Å². The van der Waals surface area contributed by atoms with Crippen molar-refractivity contribution < 1.29 is 9.53 Å². The Hall–Kier alpha value is -0.940. The first kappa shape index (κ1) is 17.4. The number of nitrogens with zero attached hydrogens (tertiary/aromatic N) is 2. The number of rotatable bonds is 4. The minimum atomic E-state index is -0.438. The molecule has 1 aromatic rings. The predicted molar refractivity (Wildman–Crippen MR) is 91.4 cm³/mol. The van der Waals surface area contributed by atoms with E-state index >= 15 is 0 Å². The largest absolute Gasteiger partial charge is 0.444 e. The molecule has 2 rings (SSSR count). The van der Waals surface area contributed by atoms with Gasteiger partial charge in [-0.05, 0) is 45.2 Å². The number of likely N-dealkylation sites (tertiary alicyclic amines) is 1. The van der Waals surface area contributed by atoms with Crippen molar-refractivity contribution in [2.45, 2.75) is 51.0 Å². The van der Waals surface area contributed by atoms with E-state index in [2.05, 4.69) is 4.98 Å². The minimum Gasteiger partial charge on any atom is -0.444 e. The molecule has 0 bridgehead atoms. The van der Waals surface area contributed by atoms with Gasteiger partial charge in [-0.1, -0.05) is 17.7 Å². The fourth-order valence-corrected chi connectivity index (χ4v) is 3.63. The summed E-state index contributed by atoms with van der Waals surface area (Å²) < 4.78 is 5.48. The third-order valence-corrected chi connectivity index (χ3v) is 4.75. The first-order chi connectivity index (χ1) is 10.3. The van der Waals surface area contributed by atoms with Crippen LogP contribution < -0.4 is 0 Å². The molecule has 0 saturated carbocycles. The summed E-state index contributed by atoms with van der Waals surface area (Å²) >= 11 is 7.60. The maximum absolute atomic E-state index is 12.2. The molecular formula is C16H23ClN2O2S. The van der Waals surface area contributed by atoms with Gasteiger partial charge in [-0.3, -0.25) is 0 Å². The highest BCUT2D eigenvalue weighted by molar-refractivity contribution is 7.98. The first-order valence-electron chi connectivity index (χ1n) is 7.53. The number of aromatic nitrogens is 1. The average molecular weight is 343 g/mol. The van der Waals surface area contributed by atoms with Crippen LogP contribution in [0.2, 0.25) is 5.15 Å². The van der Waals surface area contributed by atoms with E-state index in [-0.39, 0.29) is 12.1 Å². The molecule has 4 nitrogen and oxygen atoms in total. The number of ether oxygens (including phenoxy) is 1. The molecule has 1 fully saturated rings. The van der Waals surface area contributed by atoms with Crippen molar-refractivity contribution in [1.29, 1.82) is 0 Å². The van der Waals surface area contributed by atoms with Gasteiger partial charge in [0.15, 0.2) is 0 Å². The summed E-state index contributed by atoms with van der Waals surface area (Å²) in [5, 5.41) is 0.514. The van der Waals surface area contributed by atoms with Gasteiger partial charge < -0.3 is 9.64 Å². The molecule has 0 radical (unpaired) electrons. The number of amides is 1. The van der Waals surface area contributed by atoms with Gasteiger partial charge in [0.25, 0.3) is 0 Å². The molecule has 1 saturated heterocycles. The summed E-state index contributed by atoms with van der Waals surface area (Å²) in [6.45, 7) is 6.50. The van der Waals surface area contributed by atoms with Gasteiger partial charge in [0.05, 0.1) is 0 Å². The molecule has 2 heterocycles. The molecule has 0 spiro atoms. The molecule has 1 aliphatic heterocycles. The van der Waals surface area contributed by atoms with Crippen LogP contribution in [-0.4, -0.2) is 39.9 Å². The van der Waals surface area contributed by atoms with Gasteiger partial charge in [0.2, 0.25) is 0 Å². The number of carbonyl (C=O) groups is 1. The molecular weight excluding hydrogens is 320 g/mol. The fourth-order valence-electron chi connectivity index (χ4n) is 2.37.